The quantitative estimate of drug-likeness (QED) is 0.525. The van der Waals surface area contributed by atoms with Crippen LogP contribution in [0.2, 0.25) is 0 Å². The number of anilines is 1. The van der Waals surface area contributed by atoms with Crippen LogP contribution in [0.5, 0.6) is 0 Å². The lowest BCUT2D eigenvalue weighted by molar-refractivity contribution is 0.0285. The summed E-state index contributed by atoms with van der Waals surface area (Å²) in [4.78, 5) is 14.8. The zero-order valence-electron chi connectivity index (χ0n) is 16.6. The van der Waals surface area contributed by atoms with Crippen LogP contribution in [0.4, 0.5) is 5.69 Å². The van der Waals surface area contributed by atoms with E-state index in [2.05, 4.69) is 4.72 Å². The van der Waals surface area contributed by atoms with E-state index in [4.69, 9.17) is 9.15 Å². The largest absolute Gasteiger partial charge is 0.449 e. The average Bonchev–Trinajstić information content (AvgIpc) is 3.16. The Morgan fingerprint density at radius 1 is 0.903 bits per heavy atom. The van der Waals surface area contributed by atoms with Gasteiger partial charge in [0.1, 0.15) is 11.3 Å². The Morgan fingerprint density at radius 3 is 2.42 bits per heavy atom. The van der Waals surface area contributed by atoms with Crippen LogP contribution in [-0.4, -0.2) is 45.5 Å². The molecule has 3 aromatic carbocycles. The first-order chi connectivity index (χ1) is 15.0. The second kappa shape index (κ2) is 7.72. The van der Waals surface area contributed by atoms with Gasteiger partial charge in [0.15, 0.2) is 0 Å². The van der Waals surface area contributed by atoms with Gasteiger partial charge < -0.3 is 14.1 Å². The number of sulfonamides is 1. The van der Waals surface area contributed by atoms with Crippen molar-refractivity contribution in [3.63, 3.8) is 0 Å². The molecule has 1 aliphatic rings. The fourth-order valence-electron chi connectivity index (χ4n) is 3.74. The third-order valence-corrected chi connectivity index (χ3v) is 6.70. The molecular weight excluding hydrogens is 416 g/mol. The van der Waals surface area contributed by atoms with E-state index in [0.717, 1.165) is 10.8 Å². The first kappa shape index (κ1) is 19.6. The summed E-state index contributed by atoms with van der Waals surface area (Å²) in [6, 6.07) is 19.4. The van der Waals surface area contributed by atoms with E-state index in [1.165, 1.54) is 0 Å². The SMILES string of the molecule is O=C(c1oc2ccccc2c1NS(=O)(=O)c1ccc2ccccc2c1)N1CCOCC1. The average molecular weight is 436 g/mol. The van der Waals surface area contributed by atoms with Crippen molar-refractivity contribution >= 4 is 43.4 Å². The molecular formula is C23H20N2O5S. The van der Waals surface area contributed by atoms with Crippen LogP contribution in [-0.2, 0) is 14.8 Å². The number of para-hydroxylation sites is 1. The normalized spacial score (nSPS) is 14.8. The molecule has 0 radical (unpaired) electrons. The molecule has 2 heterocycles. The third kappa shape index (κ3) is 3.64. The summed E-state index contributed by atoms with van der Waals surface area (Å²) in [5.74, 6) is -0.386. The molecule has 1 fully saturated rings. The van der Waals surface area contributed by atoms with Crippen LogP contribution in [0, 0.1) is 0 Å². The summed E-state index contributed by atoms with van der Waals surface area (Å²) >= 11 is 0. The van der Waals surface area contributed by atoms with Crippen molar-refractivity contribution in [1.29, 1.82) is 0 Å². The highest BCUT2D eigenvalue weighted by molar-refractivity contribution is 7.92. The van der Waals surface area contributed by atoms with Crippen LogP contribution in [0.25, 0.3) is 21.7 Å². The maximum absolute atomic E-state index is 13.2. The molecule has 0 aliphatic carbocycles. The molecule has 1 N–H and O–H groups in total. The number of nitrogens with one attached hydrogen (secondary N) is 1. The van der Waals surface area contributed by atoms with E-state index in [1.54, 1.807) is 47.4 Å². The fourth-order valence-corrected chi connectivity index (χ4v) is 4.85. The van der Waals surface area contributed by atoms with Crippen LogP contribution in [0.1, 0.15) is 10.6 Å². The van der Waals surface area contributed by atoms with Gasteiger partial charge in [-0.1, -0.05) is 42.5 Å². The predicted molar refractivity (Wildman–Crippen MR) is 118 cm³/mol. The van der Waals surface area contributed by atoms with E-state index in [9.17, 15) is 13.2 Å². The highest BCUT2D eigenvalue weighted by Gasteiger charge is 2.29. The summed E-state index contributed by atoms with van der Waals surface area (Å²) in [7, 11) is -3.96. The fraction of sp³-hybridized carbons (Fsp3) is 0.174. The van der Waals surface area contributed by atoms with Crippen LogP contribution in [0.15, 0.2) is 76.0 Å². The molecule has 0 saturated carbocycles. The number of ether oxygens (including phenoxy) is 1. The standard InChI is InChI=1S/C23H20N2O5S/c26-23(25-11-13-29-14-12-25)22-21(19-7-3-4-8-20(19)30-22)24-31(27,28)18-10-9-16-5-1-2-6-17(16)15-18/h1-10,15,24H,11-14H2. The van der Waals surface area contributed by atoms with Crippen molar-refractivity contribution in [2.45, 2.75) is 4.90 Å². The Balaban J connectivity index is 1.57. The van der Waals surface area contributed by atoms with Gasteiger partial charge in [-0.15, -0.1) is 0 Å². The number of carbonyl (C=O) groups excluding carboxylic acids is 1. The second-order valence-electron chi connectivity index (χ2n) is 7.32. The predicted octanol–water partition coefficient (Wildman–Crippen LogP) is 3.86. The van der Waals surface area contributed by atoms with Gasteiger partial charge in [-0.05, 0) is 35.0 Å². The monoisotopic (exact) mass is 436 g/mol. The van der Waals surface area contributed by atoms with Gasteiger partial charge in [0.05, 0.1) is 18.1 Å². The van der Waals surface area contributed by atoms with Crippen molar-refractivity contribution < 1.29 is 22.4 Å². The topological polar surface area (TPSA) is 88.8 Å². The van der Waals surface area contributed by atoms with E-state index >= 15 is 0 Å². The van der Waals surface area contributed by atoms with Gasteiger partial charge in [0.25, 0.3) is 15.9 Å². The first-order valence-corrected chi connectivity index (χ1v) is 11.4. The molecule has 0 atom stereocenters. The molecule has 0 bridgehead atoms. The zero-order valence-corrected chi connectivity index (χ0v) is 17.4. The highest BCUT2D eigenvalue weighted by atomic mass is 32.2. The molecule has 0 spiro atoms. The summed E-state index contributed by atoms with van der Waals surface area (Å²) in [6.07, 6.45) is 0. The number of benzene rings is 3. The molecule has 1 aromatic heterocycles. The van der Waals surface area contributed by atoms with Crippen molar-refractivity contribution in [3.05, 3.63) is 72.5 Å². The highest BCUT2D eigenvalue weighted by Crippen LogP contribution is 2.34. The minimum Gasteiger partial charge on any atom is -0.449 e. The van der Waals surface area contributed by atoms with Crippen molar-refractivity contribution in [2.24, 2.45) is 0 Å². The zero-order chi connectivity index (χ0) is 21.4. The smallest absolute Gasteiger partial charge is 0.291 e. The lowest BCUT2D eigenvalue weighted by atomic mass is 10.1. The molecule has 1 saturated heterocycles. The molecule has 1 amide bonds. The van der Waals surface area contributed by atoms with Crippen molar-refractivity contribution in [3.8, 4) is 0 Å². The number of hydrogen-bond donors (Lipinski definition) is 1. The van der Waals surface area contributed by atoms with E-state index in [0.29, 0.717) is 37.3 Å². The molecule has 1 aliphatic heterocycles. The minimum atomic E-state index is -3.96. The van der Waals surface area contributed by atoms with E-state index < -0.39 is 10.0 Å². The molecule has 5 rings (SSSR count). The maximum Gasteiger partial charge on any atom is 0.291 e. The molecule has 7 nitrogen and oxygen atoms in total. The summed E-state index contributed by atoms with van der Waals surface area (Å²) < 4.78 is 40.2. The minimum absolute atomic E-state index is 0.0209. The van der Waals surface area contributed by atoms with Crippen molar-refractivity contribution in [2.75, 3.05) is 31.0 Å². The molecule has 31 heavy (non-hydrogen) atoms. The number of hydrogen-bond acceptors (Lipinski definition) is 5. The maximum atomic E-state index is 13.2. The van der Waals surface area contributed by atoms with Crippen LogP contribution >= 0.6 is 0 Å². The van der Waals surface area contributed by atoms with Gasteiger partial charge in [0.2, 0.25) is 5.76 Å². The van der Waals surface area contributed by atoms with Gasteiger partial charge >= 0.3 is 0 Å². The number of fused-ring (bicyclic) bond motifs is 2. The number of carbonyl (C=O) groups is 1. The molecule has 0 unspecified atom stereocenters. The summed E-state index contributed by atoms with van der Waals surface area (Å²) in [6.45, 7) is 1.72. The Labute approximate surface area is 179 Å². The Kier molecular flexibility index (Phi) is 4.88. The van der Waals surface area contributed by atoms with Gasteiger partial charge in [-0.25, -0.2) is 8.42 Å². The Bertz CT molecular complexity index is 1390. The molecule has 8 heteroatoms. The van der Waals surface area contributed by atoms with Crippen molar-refractivity contribution in [1.82, 2.24) is 4.90 Å². The lowest BCUT2D eigenvalue weighted by Gasteiger charge is -2.26. The number of morpholine rings is 1. The van der Waals surface area contributed by atoms with Gasteiger partial charge in [0, 0.05) is 18.5 Å². The number of rotatable bonds is 4. The van der Waals surface area contributed by atoms with E-state index in [1.807, 2.05) is 24.3 Å². The molecule has 4 aromatic rings. The third-order valence-electron chi connectivity index (χ3n) is 5.36. The lowest BCUT2D eigenvalue weighted by Crippen LogP contribution is -2.40. The molecule has 158 valence electrons. The van der Waals surface area contributed by atoms with E-state index in [-0.39, 0.29) is 22.3 Å². The first-order valence-electron chi connectivity index (χ1n) is 9.93. The Hall–Kier alpha value is -3.36. The van der Waals surface area contributed by atoms with Crippen LogP contribution in [0.3, 0.4) is 0 Å². The number of amides is 1. The second-order valence-corrected chi connectivity index (χ2v) is 9.00. The summed E-state index contributed by atoms with van der Waals surface area (Å²) in [5, 5.41) is 2.29. The van der Waals surface area contributed by atoms with Gasteiger partial charge in [-0.2, -0.15) is 0 Å². The van der Waals surface area contributed by atoms with Gasteiger partial charge in [-0.3, -0.25) is 9.52 Å². The Morgan fingerprint density at radius 2 is 1.61 bits per heavy atom. The summed E-state index contributed by atoms with van der Waals surface area (Å²) in [5.41, 5.74) is 0.593. The number of nitrogens with zero attached hydrogens (tertiary/aromatic N) is 1. The number of furan rings is 1. The van der Waals surface area contributed by atoms with Crippen LogP contribution < -0.4 is 4.72 Å².